The van der Waals surface area contributed by atoms with Crippen molar-refractivity contribution < 1.29 is 27.3 Å². The van der Waals surface area contributed by atoms with Crippen LogP contribution < -0.4 is 17.7 Å². The zero-order valence-electron chi connectivity index (χ0n) is 11.0. The molecule has 2 rings (SSSR count). The summed E-state index contributed by atoms with van der Waals surface area (Å²) in [5.74, 6) is 0.196. The number of nitrogens with two attached hydrogens (primary N) is 1. The Labute approximate surface area is 114 Å². The van der Waals surface area contributed by atoms with E-state index in [4.69, 9.17) is 4.74 Å². The Hall–Kier alpha value is -1.06. The van der Waals surface area contributed by atoms with Crippen LogP contribution in [0.5, 0.6) is 0 Å². The summed E-state index contributed by atoms with van der Waals surface area (Å²) in [5.41, 5.74) is 1.24. The number of rotatable bonds is 3. The highest BCUT2D eigenvalue weighted by atomic mass is 35.5. The number of esters is 1. The van der Waals surface area contributed by atoms with Crippen molar-refractivity contribution in [3.05, 3.63) is 35.9 Å². The quantitative estimate of drug-likeness (QED) is 0.663. The zero-order valence-corrected chi connectivity index (χ0v) is 11.7. The van der Waals surface area contributed by atoms with Gasteiger partial charge in [0.05, 0.1) is 5.92 Å². The number of ether oxygens (including phenoxy) is 1. The highest BCUT2D eigenvalue weighted by Gasteiger charge is 2.43. The van der Waals surface area contributed by atoms with E-state index in [2.05, 4.69) is 31.3 Å². The van der Waals surface area contributed by atoms with Gasteiger partial charge in [-0.05, 0) is 13.8 Å². The molecule has 4 atom stereocenters. The third-order valence-electron chi connectivity index (χ3n) is 3.70. The second-order valence-electron chi connectivity index (χ2n) is 4.92. The molecule has 0 unspecified atom stereocenters. The van der Waals surface area contributed by atoms with Crippen LogP contribution in [0.1, 0.15) is 32.4 Å². The highest BCUT2D eigenvalue weighted by Crippen LogP contribution is 2.20. The number of quaternary nitrogens is 1. The summed E-state index contributed by atoms with van der Waals surface area (Å²) in [6.07, 6.45) is 0.0340. The molecule has 0 aromatic heterocycles. The molecule has 1 aliphatic heterocycles. The average molecular weight is 270 g/mol. The molecule has 0 bridgehead atoms. The van der Waals surface area contributed by atoms with Gasteiger partial charge in [0.25, 0.3) is 0 Å². The lowest BCUT2D eigenvalue weighted by Crippen LogP contribution is -3.00. The number of halogens is 1. The van der Waals surface area contributed by atoms with Crippen LogP contribution >= 0.6 is 0 Å². The van der Waals surface area contributed by atoms with E-state index in [9.17, 15) is 4.79 Å². The third-order valence-corrected chi connectivity index (χ3v) is 3.70. The van der Waals surface area contributed by atoms with Gasteiger partial charge in [0, 0.05) is 5.56 Å². The smallest absolute Gasteiger partial charge is 0.365 e. The van der Waals surface area contributed by atoms with Crippen LogP contribution in [0, 0.1) is 5.92 Å². The summed E-state index contributed by atoms with van der Waals surface area (Å²) < 4.78 is 5.25. The van der Waals surface area contributed by atoms with Crippen molar-refractivity contribution in [3.63, 3.8) is 0 Å². The van der Waals surface area contributed by atoms with Gasteiger partial charge in [-0.3, -0.25) is 0 Å². The monoisotopic (exact) mass is 269 g/mol. The van der Waals surface area contributed by atoms with Gasteiger partial charge < -0.3 is 22.5 Å². The Balaban J connectivity index is 0.00000162. The molecule has 4 heteroatoms. The summed E-state index contributed by atoms with van der Waals surface area (Å²) >= 11 is 0. The average Bonchev–Trinajstić information content (AvgIpc) is 2.57. The fraction of sp³-hybridized carbons (Fsp3) is 0.500. The number of cyclic esters (lactones) is 1. The fourth-order valence-corrected chi connectivity index (χ4v) is 2.31. The van der Waals surface area contributed by atoms with E-state index >= 15 is 0 Å². The number of benzene rings is 1. The Morgan fingerprint density at radius 1 is 1.22 bits per heavy atom. The molecule has 1 aliphatic rings. The van der Waals surface area contributed by atoms with E-state index < -0.39 is 0 Å². The molecule has 0 aliphatic carbocycles. The number of hydrogen-bond donors (Lipinski definition) is 1. The lowest BCUT2D eigenvalue weighted by atomic mass is 9.98. The van der Waals surface area contributed by atoms with E-state index in [-0.39, 0.29) is 42.5 Å². The highest BCUT2D eigenvalue weighted by molar-refractivity contribution is 5.76. The molecule has 2 N–H and O–H groups in total. The van der Waals surface area contributed by atoms with Crippen LogP contribution in [0.25, 0.3) is 0 Å². The van der Waals surface area contributed by atoms with Gasteiger partial charge in [0.1, 0.15) is 12.1 Å². The molecule has 0 spiro atoms. The van der Waals surface area contributed by atoms with E-state index in [0.717, 1.165) is 0 Å². The van der Waals surface area contributed by atoms with Gasteiger partial charge in [-0.2, -0.15) is 0 Å². The summed E-state index contributed by atoms with van der Waals surface area (Å²) in [5, 5.41) is 2.12. The molecule has 1 saturated heterocycles. The van der Waals surface area contributed by atoms with E-state index in [1.807, 2.05) is 25.1 Å². The first-order valence-corrected chi connectivity index (χ1v) is 6.20. The first-order valence-electron chi connectivity index (χ1n) is 6.20. The van der Waals surface area contributed by atoms with Gasteiger partial charge in [-0.1, -0.05) is 37.3 Å². The van der Waals surface area contributed by atoms with Crippen LogP contribution in [-0.4, -0.2) is 18.1 Å². The van der Waals surface area contributed by atoms with Crippen molar-refractivity contribution in [3.8, 4) is 0 Å². The van der Waals surface area contributed by atoms with Crippen LogP contribution in [0.15, 0.2) is 30.3 Å². The van der Waals surface area contributed by atoms with Crippen LogP contribution in [0.4, 0.5) is 0 Å². The maximum Gasteiger partial charge on any atom is 0.365 e. The second kappa shape index (κ2) is 6.21. The van der Waals surface area contributed by atoms with Crippen molar-refractivity contribution in [2.24, 2.45) is 5.92 Å². The minimum absolute atomic E-state index is 0. The predicted octanol–water partition coefficient (Wildman–Crippen LogP) is -1.73. The number of hydrogen-bond acceptors (Lipinski definition) is 2. The van der Waals surface area contributed by atoms with Crippen LogP contribution in [-0.2, 0) is 9.53 Å². The maximum absolute atomic E-state index is 11.7. The number of carbonyl (C=O) groups is 1. The molecule has 0 saturated carbocycles. The molecule has 3 nitrogen and oxygen atoms in total. The molecule has 0 amide bonds. The Morgan fingerprint density at radius 2 is 1.83 bits per heavy atom. The Morgan fingerprint density at radius 3 is 2.33 bits per heavy atom. The Bertz CT molecular complexity index is 396. The normalized spacial score (nSPS) is 28.4. The largest absolute Gasteiger partial charge is 1.00 e. The van der Waals surface area contributed by atoms with E-state index in [0.29, 0.717) is 0 Å². The van der Waals surface area contributed by atoms with Crippen molar-refractivity contribution in [1.82, 2.24) is 0 Å². The SMILES string of the molecule is C[C@H]1[C@H](C)OC(=O)[C@H]1[NH2+][C@@H](C)c1ccccc1.[Cl-]. The van der Waals surface area contributed by atoms with Gasteiger partial charge in [-0.25, -0.2) is 4.79 Å². The molecule has 1 aromatic carbocycles. The van der Waals surface area contributed by atoms with Crippen molar-refractivity contribution in [2.45, 2.75) is 39.0 Å². The lowest BCUT2D eigenvalue weighted by molar-refractivity contribution is -0.717. The summed E-state index contributed by atoms with van der Waals surface area (Å²) in [6.45, 7) is 6.16. The van der Waals surface area contributed by atoms with Crippen LogP contribution in [0.3, 0.4) is 0 Å². The molecule has 1 heterocycles. The van der Waals surface area contributed by atoms with Crippen molar-refractivity contribution >= 4 is 5.97 Å². The standard InChI is InChI=1S/C14H19NO2.ClH/c1-9-11(3)17-14(16)13(9)15-10(2)12-7-5-4-6-8-12;/h4-11,13,15H,1-3H3;1H/t9-,10-,11-,13-;/m0./s1. The van der Waals surface area contributed by atoms with Crippen LogP contribution in [0.2, 0.25) is 0 Å². The molecule has 0 radical (unpaired) electrons. The minimum atomic E-state index is -0.0761. The maximum atomic E-state index is 11.7. The number of carbonyl (C=O) groups excluding carboxylic acids is 1. The predicted molar refractivity (Wildman–Crippen MR) is 65.3 cm³/mol. The third kappa shape index (κ3) is 3.03. The Kier molecular flexibility index (Phi) is 5.17. The van der Waals surface area contributed by atoms with Gasteiger partial charge in [-0.15, -0.1) is 0 Å². The first-order chi connectivity index (χ1) is 8.09. The molecule has 1 aromatic rings. The molecule has 100 valence electrons. The first kappa shape index (κ1) is 15.0. The van der Waals surface area contributed by atoms with Crippen molar-refractivity contribution in [2.75, 3.05) is 0 Å². The van der Waals surface area contributed by atoms with E-state index in [1.54, 1.807) is 0 Å². The zero-order chi connectivity index (χ0) is 12.4. The second-order valence-corrected chi connectivity index (χ2v) is 4.92. The lowest BCUT2D eigenvalue weighted by Gasteiger charge is -2.17. The molecular weight excluding hydrogens is 250 g/mol. The molecule has 18 heavy (non-hydrogen) atoms. The van der Waals surface area contributed by atoms with Gasteiger partial charge >= 0.3 is 5.97 Å². The topological polar surface area (TPSA) is 42.9 Å². The summed E-state index contributed by atoms with van der Waals surface area (Å²) in [4.78, 5) is 11.7. The summed E-state index contributed by atoms with van der Waals surface area (Å²) in [7, 11) is 0. The van der Waals surface area contributed by atoms with Crippen molar-refractivity contribution in [1.29, 1.82) is 0 Å². The molecular formula is C14H20ClNO2. The summed E-state index contributed by atoms with van der Waals surface area (Å²) in [6, 6.07) is 10.5. The van der Waals surface area contributed by atoms with Gasteiger partial charge in [0.2, 0.25) is 0 Å². The molecule has 1 fully saturated rings. The fourth-order valence-electron chi connectivity index (χ4n) is 2.31. The minimum Gasteiger partial charge on any atom is -1.00 e. The van der Waals surface area contributed by atoms with Gasteiger partial charge in [0.15, 0.2) is 6.04 Å². The van der Waals surface area contributed by atoms with E-state index in [1.165, 1.54) is 5.56 Å².